The zero-order valence-electron chi connectivity index (χ0n) is 15.3. The van der Waals surface area contributed by atoms with E-state index in [1.54, 1.807) is 11.9 Å². The van der Waals surface area contributed by atoms with E-state index in [4.69, 9.17) is 15.0 Å². The Morgan fingerprint density at radius 3 is 2.90 bits per heavy atom. The molecule has 1 aliphatic rings. The number of amides is 1. The maximum Gasteiger partial charge on any atom is 0.397 e. The molecule has 0 radical (unpaired) electrons. The molecule has 2 aromatic heterocycles. The minimum absolute atomic E-state index is 0.130. The lowest BCUT2D eigenvalue weighted by Crippen LogP contribution is -2.42. The van der Waals surface area contributed by atoms with E-state index in [1.165, 1.54) is 17.2 Å². The Balaban J connectivity index is 1.85. The first-order valence-corrected chi connectivity index (χ1v) is 9.85. The van der Waals surface area contributed by atoms with Crippen LogP contribution in [0.5, 0.6) is 0 Å². The van der Waals surface area contributed by atoms with Crippen molar-refractivity contribution >= 4 is 33.8 Å². The Labute approximate surface area is 165 Å². The normalized spacial score (nSPS) is 25.0. The van der Waals surface area contributed by atoms with Gasteiger partial charge in [-0.1, -0.05) is 0 Å². The van der Waals surface area contributed by atoms with Crippen LogP contribution in [0, 0.1) is 0 Å². The van der Waals surface area contributed by atoms with Crippen molar-refractivity contribution in [2.75, 3.05) is 32.4 Å². The van der Waals surface area contributed by atoms with E-state index in [0.717, 1.165) is 0 Å². The monoisotopic (exact) mass is 431 g/mol. The summed E-state index contributed by atoms with van der Waals surface area (Å²) in [6.07, 6.45) is -1.81. The molecule has 29 heavy (non-hydrogen) atoms. The van der Waals surface area contributed by atoms with E-state index in [9.17, 15) is 18.3 Å². The van der Waals surface area contributed by atoms with E-state index >= 15 is 0 Å². The van der Waals surface area contributed by atoms with Crippen LogP contribution in [-0.4, -0.2) is 93.9 Å². The summed E-state index contributed by atoms with van der Waals surface area (Å²) in [5, 5.41) is 13.2. The number of nitrogens with one attached hydrogen (secondary N) is 1. The van der Waals surface area contributed by atoms with Gasteiger partial charge in [-0.2, -0.15) is 8.42 Å². The summed E-state index contributed by atoms with van der Waals surface area (Å²) in [5.41, 5.74) is 6.32. The Bertz CT molecular complexity index is 968. The first-order valence-electron chi connectivity index (χ1n) is 8.49. The molecule has 0 bridgehead atoms. The maximum absolute atomic E-state index is 11.3. The van der Waals surface area contributed by atoms with E-state index < -0.39 is 34.9 Å². The summed E-state index contributed by atoms with van der Waals surface area (Å²) in [6, 6.07) is 0. The van der Waals surface area contributed by atoms with Crippen molar-refractivity contribution in [3.63, 3.8) is 0 Å². The van der Waals surface area contributed by atoms with Gasteiger partial charge in [0.2, 0.25) is 6.41 Å². The number of fused-ring (bicyclic) bond motifs is 1. The molecule has 0 aromatic carbocycles. The molecule has 1 fully saturated rings. The lowest BCUT2D eigenvalue weighted by atomic mass is 10.1. The molecule has 1 saturated heterocycles. The number of ether oxygens (including phenoxy) is 1. The number of aromatic nitrogens is 4. The Kier molecular flexibility index (Phi) is 6.25. The van der Waals surface area contributed by atoms with Crippen LogP contribution in [0.1, 0.15) is 6.23 Å². The minimum Gasteiger partial charge on any atom is -0.386 e. The molecule has 160 valence electrons. The predicted molar refractivity (Wildman–Crippen MR) is 97.6 cm³/mol. The largest absolute Gasteiger partial charge is 0.397 e. The number of aliphatic hydroxyl groups is 1. The summed E-state index contributed by atoms with van der Waals surface area (Å²) in [5.74, 6) is 0.130. The fourth-order valence-electron chi connectivity index (χ4n) is 3.12. The van der Waals surface area contributed by atoms with Gasteiger partial charge < -0.3 is 25.8 Å². The highest BCUT2D eigenvalue weighted by Crippen LogP contribution is 2.34. The number of nitrogens with two attached hydrogens (primary N) is 1. The fourth-order valence-corrected chi connectivity index (χ4v) is 3.64. The van der Waals surface area contributed by atoms with Crippen LogP contribution in [0.2, 0.25) is 0 Å². The fraction of sp³-hybridized carbons (Fsp3) is 0.571. The zero-order chi connectivity index (χ0) is 21.2. The third-order valence-corrected chi connectivity index (χ3v) is 4.88. The number of imidazole rings is 1. The van der Waals surface area contributed by atoms with Crippen molar-refractivity contribution in [2.24, 2.45) is 0 Å². The standard InChI is InChI=1S/C14H21N7O7S/c1-20(3-2-16-7-22)4-8-11(28-29(24,25)26)10(23)14(27-8)21-6-19-9-12(15)17-5-18-13(9)21/h5-8,10-11,14,23H,2-4H2,1H3,(H,16,22)(H2,15,17,18)(H,24,25,26)/t8-,10-,11-,14-/m1/s1. The number of carbonyl (C=O) groups is 1. The van der Waals surface area contributed by atoms with Crippen molar-refractivity contribution in [2.45, 2.75) is 24.5 Å². The smallest absolute Gasteiger partial charge is 0.386 e. The number of hydrogen-bond donors (Lipinski definition) is 4. The molecular formula is C14H21N7O7S. The third kappa shape index (κ3) is 4.77. The number of hydrogen-bond acceptors (Lipinski definition) is 11. The Morgan fingerprint density at radius 2 is 2.21 bits per heavy atom. The lowest BCUT2D eigenvalue weighted by Gasteiger charge is -2.24. The molecule has 14 nitrogen and oxygen atoms in total. The summed E-state index contributed by atoms with van der Waals surface area (Å²) in [4.78, 5) is 24.1. The molecule has 1 amide bonds. The van der Waals surface area contributed by atoms with Crippen molar-refractivity contribution in [1.29, 1.82) is 0 Å². The van der Waals surface area contributed by atoms with Gasteiger partial charge in [-0.25, -0.2) is 19.1 Å². The second kappa shape index (κ2) is 8.52. The lowest BCUT2D eigenvalue weighted by molar-refractivity contribution is -0.109. The van der Waals surface area contributed by atoms with Crippen LogP contribution in [0.4, 0.5) is 5.82 Å². The number of rotatable bonds is 9. The van der Waals surface area contributed by atoms with Crippen LogP contribution in [0.25, 0.3) is 11.2 Å². The number of carbonyl (C=O) groups excluding carboxylic acids is 1. The van der Waals surface area contributed by atoms with E-state index in [2.05, 4.69) is 24.5 Å². The second-order valence-electron chi connectivity index (χ2n) is 6.46. The van der Waals surface area contributed by atoms with Gasteiger partial charge in [0.05, 0.1) is 6.33 Å². The summed E-state index contributed by atoms with van der Waals surface area (Å²) in [7, 11) is -3.15. The van der Waals surface area contributed by atoms with Gasteiger partial charge in [0, 0.05) is 19.6 Å². The first-order chi connectivity index (χ1) is 13.7. The van der Waals surface area contributed by atoms with Crippen LogP contribution < -0.4 is 11.1 Å². The zero-order valence-corrected chi connectivity index (χ0v) is 16.1. The number of nitrogen functional groups attached to an aromatic ring is 1. The van der Waals surface area contributed by atoms with Crippen LogP contribution >= 0.6 is 0 Å². The molecular weight excluding hydrogens is 410 g/mol. The number of aliphatic hydroxyl groups excluding tert-OH is 1. The highest BCUT2D eigenvalue weighted by molar-refractivity contribution is 7.80. The predicted octanol–water partition coefficient (Wildman–Crippen LogP) is -2.47. The minimum atomic E-state index is -4.86. The van der Waals surface area contributed by atoms with Crippen molar-refractivity contribution < 1.29 is 31.8 Å². The average Bonchev–Trinajstić information content (AvgIpc) is 3.18. The van der Waals surface area contributed by atoms with E-state index in [-0.39, 0.29) is 23.5 Å². The highest BCUT2D eigenvalue weighted by Gasteiger charge is 2.48. The van der Waals surface area contributed by atoms with Gasteiger partial charge in [-0.15, -0.1) is 0 Å². The molecule has 15 heteroatoms. The molecule has 3 rings (SSSR count). The average molecular weight is 431 g/mol. The topological polar surface area (TPSA) is 195 Å². The number of likely N-dealkylation sites (N-methyl/N-ethyl adjacent to an activating group) is 1. The first kappa shape index (κ1) is 21.3. The SMILES string of the molecule is CN(CCNC=O)C[C@H]1O[C@@H](n2cnc3c(N)ncnc32)[C@H](O)[C@@H]1OS(=O)(=O)O. The van der Waals surface area contributed by atoms with Crippen molar-refractivity contribution in [3.8, 4) is 0 Å². The third-order valence-electron chi connectivity index (χ3n) is 4.42. The number of nitrogens with zero attached hydrogens (tertiary/aromatic N) is 5. The Morgan fingerprint density at radius 1 is 1.45 bits per heavy atom. The van der Waals surface area contributed by atoms with Gasteiger partial charge in [0.25, 0.3) is 0 Å². The molecule has 0 unspecified atom stereocenters. The number of anilines is 1. The molecule has 3 heterocycles. The van der Waals surface area contributed by atoms with Gasteiger partial charge in [-0.05, 0) is 7.05 Å². The van der Waals surface area contributed by atoms with Crippen LogP contribution in [0.15, 0.2) is 12.7 Å². The molecule has 1 aliphatic heterocycles. The van der Waals surface area contributed by atoms with E-state index in [0.29, 0.717) is 19.5 Å². The maximum atomic E-state index is 11.3. The second-order valence-corrected chi connectivity index (χ2v) is 7.51. The van der Waals surface area contributed by atoms with E-state index in [1.807, 2.05) is 0 Å². The van der Waals surface area contributed by atoms with Crippen molar-refractivity contribution in [3.05, 3.63) is 12.7 Å². The molecule has 0 aliphatic carbocycles. The van der Waals surface area contributed by atoms with Gasteiger partial charge in [-0.3, -0.25) is 13.9 Å². The summed E-state index contributed by atoms with van der Waals surface area (Å²) >= 11 is 0. The molecule has 0 spiro atoms. The quantitative estimate of drug-likeness (QED) is 0.186. The van der Waals surface area contributed by atoms with Crippen LogP contribution in [-0.2, 0) is 24.1 Å². The highest BCUT2D eigenvalue weighted by atomic mass is 32.3. The molecule has 4 atom stereocenters. The molecule has 2 aromatic rings. The summed E-state index contributed by atoms with van der Waals surface area (Å²) < 4.78 is 43.6. The van der Waals surface area contributed by atoms with Crippen LogP contribution in [0.3, 0.4) is 0 Å². The Hall–Kier alpha value is -2.43. The molecule has 5 N–H and O–H groups in total. The molecule has 0 saturated carbocycles. The summed E-state index contributed by atoms with van der Waals surface area (Å²) in [6.45, 7) is 0.915. The van der Waals surface area contributed by atoms with Gasteiger partial charge in [0.1, 0.15) is 30.2 Å². The van der Waals surface area contributed by atoms with Gasteiger partial charge in [0.15, 0.2) is 17.7 Å². The van der Waals surface area contributed by atoms with Gasteiger partial charge >= 0.3 is 10.4 Å². The van der Waals surface area contributed by atoms with Crippen molar-refractivity contribution in [1.82, 2.24) is 29.7 Å².